The molecule has 1 saturated heterocycles. The first-order valence-electron chi connectivity index (χ1n) is 6.39. The number of aliphatic hydroxyl groups excluding tert-OH is 1. The van der Waals surface area contributed by atoms with Crippen LogP contribution in [0, 0.1) is 0 Å². The van der Waals surface area contributed by atoms with E-state index in [9.17, 15) is 9.59 Å². The van der Waals surface area contributed by atoms with Gasteiger partial charge in [0.1, 0.15) is 6.04 Å². The number of hydrogen-bond acceptors (Lipinski definition) is 4. The molecule has 6 heteroatoms. The Morgan fingerprint density at radius 3 is 2.72 bits per heavy atom. The molecule has 1 aliphatic heterocycles. The first-order valence-corrected chi connectivity index (χ1v) is 6.39. The third-order valence-corrected chi connectivity index (χ3v) is 3.30. The van der Waals surface area contributed by atoms with Crippen LogP contribution in [0.5, 0.6) is 0 Å². The number of aliphatic carboxylic acids is 1. The number of piperidine rings is 1. The van der Waals surface area contributed by atoms with E-state index < -0.39 is 12.0 Å². The Morgan fingerprint density at radius 1 is 1.44 bits per heavy atom. The summed E-state index contributed by atoms with van der Waals surface area (Å²) in [5, 5.41) is 20.5. The Balaban J connectivity index is 2.59. The van der Waals surface area contributed by atoms with Crippen LogP contribution in [0.4, 0.5) is 0 Å². The van der Waals surface area contributed by atoms with Crippen LogP contribution in [-0.4, -0.2) is 58.8 Å². The fourth-order valence-corrected chi connectivity index (χ4v) is 2.44. The molecule has 0 aromatic rings. The maximum atomic E-state index is 11.1. The molecular weight excluding hydrogens is 236 g/mol. The Kier molecular flexibility index (Phi) is 6.07. The molecule has 0 aromatic heterocycles. The maximum absolute atomic E-state index is 11.1. The summed E-state index contributed by atoms with van der Waals surface area (Å²) >= 11 is 0. The van der Waals surface area contributed by atoms with Crippen LogP contribution in [-0.2, 0) is 9.59 Å². The molecule has 104 valence electrons. The maximum Gasteiger partial charge on any atom is 0.327 e. The van der Waals surface area contributed by atoms with Gasteiger partial charge in [-0.2, -0.15) is 0 Å². The Labute approximate surface area is 107 Å². The van der Waals surface area contributed by atoms with Gasteiger partial charge in [0, 0.05) is 26.1 Å². The minimum absolute atomic E-state index is 0.110. The summed E-state index contributed by atoms with van der Waals surface area (Å²) in [6.45, 7) is 2.56. The summed E-state index contributed by atoms with van der Waals surface area (Å²) in [6.07, 6.45) is 3.78. The number of nitrogens with one attached hydrogen (secondary N) is 1. The Hall–Kier alpha value is -1.14. The summed E-state index contributed by atoms with van der Waals surface area (Å²) in [5.41, 5.74) is 0. The monoisotopic (exact) mass is 258 g/mol. The molecule has 0 aliphatic carbocycles. The number of carbonyl (C=O) groups is 2. The minimum Gasteiger partial charge on any atom is -0.480 e. The van der Waals surface area contributed by atoms with Gasteiger partial charge in [0.15, 0.2) is 0 Å². The molecule has 2 unspecified atom stereocenters. The van der Waals surface area contributed by atoms with Gasteiger partial charge in [0.25, 0.3) is 0 Å². The van der Waals surface area contributed by atoms with Crippen molar-refractivity contribution in [2.24, 2.45) is 0 Å². The molecule has 0 aromatic carbocycles. The molecule has 2 atom stereocenters. The first-order chi connectivity index (χ1) is 8.54. The second-order valence-corrected chi connectivity index (χ2v) is 4.75. The summed E-state index contributed by atoms with van der Waals surface area (Å²) in [5.74, 6) is -1.35. The fourth-order valence-electron chi connectivity index (χ4n) is 2.44. The number of rotatable bonds is 6. The van der Waals surface area contributed by atoms with Gasteiger partial charge in [0.2, 0.25) is 5.91 Å². The van der Waals surface area contributed by atoms with E-state index in [4.69, 9.17) is 10.2 Å². The predicted molar refractivity (Wildman–Crippen MR) is 66.2 cm³/mol. The van der Waals surface area contributed by atoms with Crippen molar-refractivity contribution in [3.05, 3.63) is 0 Å². The summed E-state index contributed by atoms with van der Waals surface area (Å²) in [4.78, 5) is 24.1. The molecule has 0 radical (unpaired) electrons. The lowest BCUT2D eigenvalue weighted by atomic mass is 9.99. The highest BCUT2D eigenvalue weighted by molar-refractivity contribution is 5.82. The summed E-state index contributed by atoms with van der Waals surface area (Å²) in [7, 11) is 0. The average molecular weight is 258 g/mol. The van der Waals surface area contributed by atoms with Crippen molar-refractivity contribution in [1.82, 2.24) is 10.2 Å². The SMILES string of the molecule is CC(=O)NC(CN1CCCCC1CCO)C(=O)O. The smallest absolute Gasteiger partial charge is 0.327 e. The zero-order valence-corrected chi connectivity index (χ0v) is 10.8. The van der Waals surface area contributed by atoms with Crippen LogP contribution in [0.3, 0.4) is 0 Å². The lowest BCUT2D eigenvalue weighted by Gasteiger charge is -2.36. The van der Waals surface area contributed by atoms with Gasteiger partial charge in [-0.15, -0.1) is 0 Å². The minimum atomic E-state index is -1.02. The van der Waals surface area contributed by atoms with Crippen LogP contribution < -0.4 is 5.32 Å². The number of hydrogen-bond donors (Lipinski definition) is 3. The lowest BCUT2D eigenvalue weighted by Crippen LogP contribution is -2.52. The summed E-state index contributed by atoms with van der Waals surface area (Å²) in [6, 6.07) is -0.652. The predicted octanol–water partition coefficient (Wildman–Crippen LogP) is -0.187. The standard InChI is InChI=1S/C12H22N2O4/c1-9(16)13-11(12(17)18)8-14-6-3-2-4-10(14)5-7-15/h10-11,15H,2-8H2,1H3,(H,13,16)(H,17,18). The molecule has 6 nitrogen and oxygen atoms in total. The van der Waals surface area contributed by atoms with E-state index in [1.54, 1.807) is 0 Å². The second kappa shape index (κ2) is 7.33. The molecule has 0 spiro atoms. The van der Waals surface area contributed by atoms with Gasteiger partial charge in [-0.1, -0.05) is 6.42 Å². The van der Waals surface area contributed by atoms with Gasteiger partial charge in [-0.3, -0.25) is 9.69 Å². The highest BCUT2D eigenvalue weighted by atomic mass is 16.4. The number of amides is 1. The number of carboxylic acid groups (broad SMARTS) is 1. The van der Waals surface area contributed by atoms with E-state index in [0.717, 1.165) is 25.8 Å². The van der Waals surface area contributed by atoms with Crippen LogP contribution in [0.1, 0.15) is 32.6 Å². The van der Waals surface area contributed by atoms with E-state index in [0.29, 0.717) is 13.0 Å². The van der Waals surface area contributed by atoms with Gasteiger partial charge in [-0.05, 0) is 25.8 Å². The molecule has 1 heterocycles. The quantitative estimate of drug-likeness (QED) is 0.614. The van der Waals surface area contributed by atoms with Crippen molar-refractivity contribution < 1.29 is 19.8 Å². The Bertz CT molecular complexity index is 294. The zero-order valence-electron chi connectivity index (χ0n) is 10.8. The molecule has 1 amide bonds. The molecule has 1 aliphatic rings. The highest BCUT2D eigenvalue weighted by Crippen LogP contribution is 2.19. The average Bonchev–Trinajstić information content (AvgIpc) is 2.30. The lowest BCUT2D eigenvalue weighted by molar-refractivity contribution is -0.142. The van der Waals surface area contributed by atoms with Crippen LogP contribution >= 0.6 is 0 Å². The summed E-state index contributed by atoms with van der Waals surface area (Å²) < 4.78 is 0. The van der Waals surface area contributed by atoms with Crippen molar-refractivity contribution in [2.75, 3.05) is 19.7 Å². The van der Waals surface area contributed by atoms with Gasteiger partial charge >= 0.3 is 5.97 Å². The van der Waals surface area contributed by atoms with Crippen molar-refractivity contribution in [2.45, 2.75) is 44.7 Å². The molecular formula is C12H22N2O4. The zero-order chi connectivity index (χ0) is 13.5. The first kappa shape index (κ1) is 14.9. The molecule has 1 rings (SSSR count). The third-order valence-electron chi connectivity index (χ3n) is 3.30. The normalized spacial score (nSPS) is 22.4. The largest absolute Gasteiger partial charge is 0.480 e. The highest BCUT2D eigenvalue weighted by Gasteiger charge is 2.27. The van der Waals surface area contributed by atoms with Crippen molar-refractivity contribution in [1.29, 1.82) is 0 Å². The number of carboxylic acids is 1. The molecule has 0 saturated carbocycles. The number of nitrogens with zero attached hydrogens (tertiary/aromatic N) is 1. The van der Waals surface area contributed by atoms with Gasteiger partial charge < -0.3 is 15.5 Å². The van der Waals surface area contributed by atoms with Crippen LogP contribution in [0.15, 0.2) is 0 Å². The molecule has 18 heavy (non-hydrogen) atoms. The van der Waals surface area contributed by atoms with E-state index in [2.05, 4.69) is 10.2 Å². The molecule has 0 bridgehead atoms. The van der Waals surface area contributed by atoms with E-state index in [1.165, 1.54) is 6.92 Å². The molecule has 1 fully saturated rings. The fraction of sp³-hybridized carbons (Fsp3) is 0.833. The van der Waals surface area contributed by atoms with E-state index in [1.807, 2.05) is 0 Å². The van der Waals surface area contributed by atoms with Crippen molar-refractivity contribution in [3.63, 3.8) is 0 Å². The van der Waals surface area contributed by atoms with E-state index >= 15 is 0 Å². The Morgan fingerprint density at radius 2 is 2.17 bits per heavy atom. The molecule has 3 N–H and O–H groups in total. The number of likely N-dealkylation sites (tertiary alicyclic amines) is 1. The number of aliphatic hydroxyl groups is 1. The van der Waals surface area contributed by atoms with Gasteiger partial charge in [-0.25, -0.2) is 4.79 Å². The van der Waals surface area contributed by atoms with E-state index in [-0.39, 0.29) is 18.6 Å². The van der Waals surface area contributed by atoms with Gasteiger partial charge in [0.05, 0.1) is 0 Å². The number of carbonyl (C=O) groups excluding carboxylic acids is 1. The second-order valence-electron chi connectivity index (χ2n) is 4.75. The van der Waals surface area contributed by atoms with Crippen LogP contribution in [0.2, 0.25) is 0 Å². The van der Waals surface area contributed by atoms with Crippen molar-refractivity contribution >= 4 is 11.9 Å². The topological polar surface area (TPSA) is 89.9 Å². The van der Waals surface area contributed by atoms with Crippen LogP contribution in [0.25, 0.3) is 0 Å². The van der Waals surface area contributed by atoms with Crippen molar-refractivity contribution in [3.8, 4) is 0 Å². The third kappa shape index (κ3) is 4.62.